The van der Waals surface area contributed by atoms with E-state index in [-0.39, 0.29) is 0 Å². The molecule has 2 nitrogen and oxygen atoms in total. The highest BCUT2D eigenvalue weighted by molar-refractivity contribution is 5.00. The van der Waals surface area contributed by atoms with Crippen LogP contribution in [0.15, 0.2) is 0 Å². The zero-order chi connectivity index (χ0) is 10.2. The molecule has 0 aromatic heterocycles. The van der Waals surface area contributed by atoms with Crippen LogP contribution in [-0.4, -0.2) is 31.1 Å². The highest BCUT2D eigenvalue weighted by atomic mass is 15.1. The van der Waals surface area contributed by atoms with Crippen molar-refractivity contribution in [3.05, 3.63) is 0 Å². The molecule has 2 aliphatic rings. The van der Waals surface area contributed by atoms with Gasteiger partial charge in [0.2, 0.25) is 0 Å². The fourth-order valence-electron chi connectivity index (χ4n) is 3.63. The third-order valence-electron chi connectivity index (χ3n) is 4.76. The lowest BCUT2D eigenvalue weighted by Crippen LogP contribution is -2.55. The van der Waals surface area contributed by atoms with E-state index in [1.165, 1.54) is 32.4 Å². The van der Waals surface area contributed by atoms with Crippen molar-refractivity contribution >= 4 is 0 Å². The van der Waals surface area contributed by atoms with E-state index in [1.54, 1.807) is 0 Å². The summed E-state index contributed by atoms with van der Waals surface area (Å²) in [5.41, 5.74) is 6.34. The molecule has 0 bridgehead atoms. The predicted octanol–water partition coefficient (Wildman–Crippen LogP) is 1.70. The van der Waals surface area contributed by atoms with Gasteiger partial charge in [-0.3, -0.25) is 0 Å². The second kappa shape index (κ2) is 3.82. The van der Waals surface area contributed by atoms with Crippen LogP contribution in [0, 0.1) is 17.3 Å². The van der Waals surface area contributed by atoms with Crippen molar-refractivity contribution < 1.29 is 0 Å². The second-order valence-corrected chi connectivity index (χ2v) is 5.44. The Morgan fingerprint density at radius 1 is 1.21 bits per heavy atom. The van der Waals surface area contributed by atoms with Gasteiger partial charge in [-0.15, -0.1) is 0 Å². The van der Waals surface area contributed by atoms with Crippen LogP contribution in [0.2, 0.25) is 0 Å². The number of hydrogen-bond donors (Lipinski definition) is 1. The van der Waals surface area contributed by atoms with Crippen molar-refractivity contribution in [1.29, 1.82) is 0 Å². The van der Waals surface area contributed by atoms with E-state index < -0.39 is 0 Å². The van der Waals surface area contributed by atoms with Gasteiger partial charge >= 0.3 is 0 Å². The Kier molecular flexibility index (Phi) is 2.85. The molecule has 2 N–H and O–H groups in total. The van der Waals surface area contributed by atoms with Gasteiger partial charge in [-0.25, -0.2) is 0 Å². The van der Waals surface area contributed by atoms with Gasteiger partial charge in [0, 0.05) is 26.2 Å². The molecule has 2 heteroatoms. The maximum Gasteiger partial charge on any atom is 0.0105 e. The first-order valence-corrected chi connectivity index (χ1v) is 6.11. The zero-order valence-corrected chi connectivity index (χ0v) is 9.63. The molecule has 1 spiro atoms. The largest absolute Gasteiger partial charge is 0.329 e. The van der Waals surface area contributed by atoms with Crippen LogP contribution >= 0.6 is 0 Å². The van der Waals surface area contributed by atoms with E-state index >= 15 is 0 Å². The molecule has 0 aromatic rings. The standard InChI is InChI=1S/C12H24N2/c1-10-8-14(7-6-13)9-11(2)12(10)4-3-5-12/h10-11H,3-9,13H2,1-2H3. The highest BCUT2D eigenvalue weighted by Crippen LogP contribution is 2.54. The lowest BCUT2D eigenvalue weighted by atomic mass is 9.54. The average molecular weight is 196 g/mol. The number of nitrogens with zero attached hydrogens (tertiary/aromatic N) is 1. The van der Waals surface area contributed by atoms with Crippen LogP contribution in [-0.2, 0) is 0 Å². The third-order valence-corrected chi connectivity index (χ3v) is 4.76. The maximum atomic E-state index is 5.62. The van der Waals surface area contributed by atoms with Gasteiger partial charge in [-0.05, 0) is 30.1 Å². The lowest BCUT2D eigenvalue weighted by Gasteiger charge is -2.56. The Morgan fingerprint density at radius 3 is 2.14 bits per heavy atom. The number of nitrogens with two attached hydrogens (primary N) is 1. The minimum absolute atomic E-state index is 0.713. The molecule has 0 amide bonds. The molecule has 0 radical (unpaired) electrons. The van der Waals surface area contributed by atoms with Crippen molar-refractivity contribution in [3.63, 3.8) is 0 Å². The lowest BCUT2D eigenvalue weighted by molar-refractivity contribution is -0.0683. The topological polar surface area (TPSA) is 29.3 Å². The van der Waals surface area contributed by atoms with Gasteiger partial charge < -0.3 is 10.6 Å². The molecule has 2 atom stereocenters. The van der Waals surface area contributed by atoms with Crippen LogP contribution < -0.4 is 5.73 Å². The summed E-state index contributed by atoms with van der Waals surface area (Å²) < 4.78 is 0. The van der Waals surface area contributed by atoms with Crippen LogP contribution in [0.4, 0.5) is 0 Å². The van der Waals surface area contributed by atoms with E-state index in [2.05, 4.69) is 18.7 Å². The summed E-state index contributed by atoms with van der Waals surface area (Å²) in [5.74, 6) is 1.76. The number of likely N-dealkylation sites (tertiary alicyclic amines) is 1. The van der Waals surface area contributed by atoms with Crippen molar-refractivity contribution in [3.8, 4) is 0 Å². The first kappa shape index (κ1) is 10.4. The minimum Gasteiger partial charge on any atom is -0.329 e. The highest BCUT2D eigenvalue weighted by Gasteiger charge is 2.49. The molecule has 2 fully saturated rings. The van der Waals surface area contributed by atoms with Crippen LogP contribution in [0.25, 0.3) is 0 Å². The Bertz CT molecular complexity index is 184. The first-order chi connectivity index (χ1) is 6.69. The minimum atomic E-state index is 0.713. The number of rotatable bonds is 2. The zero-order valence-electron chi connectivity index (χ0n) is 9.63. The summed E-state index contributed by atoms with van der Waals surface area (Å²) in [6.07, 6.45) is 4.42. The Hall–Kier alpha value is -0.0800. The molecule has 1 saturated carbocycles. The average Bonchev–Trinajstić information content (AvgIpc) is 2.00. The molecule has 2 unspecified atom stereocenters. The number of piperidine rings is 1. The molecule has 14 heavy (non-hydrogen) atoms. The SMILES string of the molecule is CC1CN(CCN)CC(C)C12CCC2. The van der Waals surface area contributed by atoms with Gasteiger partial charge in [-0.2, -0.15) is 0 Å². The monoisotopic (exact) mass is 196 g/mol. The maximum absolute atomic E-state index is 5.62. The van der Waals surface area contributed by atoms with E-state index in [1.807, 2.05) is 0 Å². The molecule has 1 aliphatic carbocycles. The number of hydrogen-bond acceptors (Lipinski definition) is 2. The molecule has 82 valence electrons. The quantitative estimate of drug-likeness (QED) is 0.728. The molecule has 2 rings (SSSR count). The molecular weight excluding hydrogens is 172 g/mol. The van der Waals surface area contributed by atoms with Gasteiger partial charge in [0.05, 0.1) is 0 Å². The second-order valence-electron chi connectivity index (χ2n) is 5.44. The van der Waals surface area contributed by atoms with Crippen molar-refractivity contribution in [1.82, 2.24) is 4.90 Å². The Morgan fingerprint density at radius 2 is 1.79 bits per heavy atom. The molecule has 1 heterocycles. The van der Waals surface area contributed by atoms with E-state index in [0.717, 1.165) is 24.9 Å². The van der Waals surface area contributed by atoms with E-state index in [4.69, 9.17) is 5.73 Å². The van der Waals surface area contributed by atoms with Crippen molar-refractivity contribution in [2.45, 2.75) is 33.1 Å². The molecule has 1 aliphatic heterocycles. The predicted molar refractivity (Wildman–Crippen MR) is 60.1 cm³/mol. The normalized spacial score (nSPS) is 37.1. The summed E-state index contributed by atoms with van der Waals surface area (Å²) in [4.78, 5) is 2.55. The van der Waals surface area contributed by atoms with Crippen LogP contribution in [0.3, 0.4) is 0 Å². The third kappa shape index (κ3) is 1.49. The molecular formula is C12H24N2. The van der Waals surface area contributed by atoms with Crippen LogP contribution in [0.5, 0.6) is 0 Å². The fraction of sp³-hybridized carbons (Fsp3) is 1.00. The van der Waals surface area contributed by atoms with Gasteiger partial charge in [0.25, 0.3) is 0 Å². The van der Waals surface area contributed by atoms with E-state index in [0.29, 0.717) is 5.41 Å². The summed E-state index contributed by atoms with van der Waals surface area (Å²) in [6, 6.07) is 0. The summed E-state index contributed by atoms with van der Waals surface area (Å²) in [5, 5.41) is 0. The summed E-state index contributed by atoms with van der Waals surface area (Å²) in [7, 11) is 0. The summed E-state index contributed by atoms with van der Waals surface area (Å²) in [6.45, 7) is 9.34. The first-order valence-electron chi connectivity index (χ1n) is 6.11. The van der Waals surface area contributed by atoms with E-state index in [9.17, 15) is 0 Å². The van der Waals surface area contributed by atoms with Crippen molar-refractivity contribution in [2.24, 2.45) is 23.0 Å². The van der Waals surface area contributed by atoms with Gasteiger partial charge in [0.1, 0.15) is 0 Å². The van der Waals surface area contributed by atoms with Gasteiger partial charge in [-0.1, -0.05) is 20.3 Å². The summed E-state index contributed by atoms with van der Waals surface area (Å²) >= 11 is 0. The molecule has 0 aromatic carbocycles. The Balaban J connectivity index is 1.99. The molecule has 1 saturated heterocycles. The van der Waals surface area contributed by atoms with Crippen molar-refractivity contribution in [2.75, 3.05) is 26.2 Å². The van der Waals surface area contributed by atoms with Gasteiger partial charge in [0.15, 0.2) is 0 Å². The van der Waals surface area contributed by atoms with Crippen LogP contribution in [0.1, 0.15) is 33.1 Å². The Labute approximate surface area is 87.8 Å². The fourth-order valence-corrected chi connectivity index (χ4v) is 3.63. The smallest absolute Gasteiger partial charge is 0.0105 e.